The van der Waals surface area contributed by atoms with Crippen LogP contribution in [0.2, 0.25) is 0 Å². The van der Waals surface area contributed by atoms with Crippen molar-refractivity contribution in [1.82, 2.24) is 5.32 Å². The van der Waals surface area contributed by atoms with Crippen LogP contribution in [0.15, 0.2) is 48.6 Å². The fourth-order valence-corrected chi connectivity index (χ4v) is 4.11. The average molecular weight is 381 g/mol. The van der Waals surface area contributed by atoms with Gasteiger partial charge in [0.25, 0.3) is 5.91 Å². The van der Waals surface area contributed by atoms with Crippen molar-refractivity contribution in [3.8, 4) is 16.9 Å². The van der Waals surface area contributed by atoms with Crippen molar-refractivity contribution in [3.05, 3.63) is 65.5 Å². The summed E-state index contributed by atoms with van der Waals surface area (Å²) in [6.45, 7) is 0. The van der Waals surface area contributed by atoms with E-state index in [0.717, 1.165) is 12.8 Å². The van der Waals surface area contributed by atoms with E-state index in [0.29, 0.717) is 17.4 Å². The number of aromatic carboxylic acids is 1. The van der Waals surface area contributed by atoms with Gasteiger partial charge >= 0.3 is 5.97 Å². The monoisotopic (exact) mass is 381 g/mol. The summed E-state index contributed by atoms with van der Waals surface area (Å²) < 4.78 is 19.8. The first-order valence-corrected chi connectivity index (χ1v) is 9.16. The Labute approximate surface area is 161 Å². The molecule has 0 saturated heterocycles. The van der Waals surface area contributed by atoms with Crippen LogP contribution in [-0.4, -0.2) is 30.1 Å². The minimum absolute atomic E-state index is 0.0792. The summed E-state index contributed by atoms with van der Waals surface area (Å²) in [5, 5.41) is 12.1. The fourth-order valence-electron chi connectivity index (χ4n) is 4.11. The molecular weight excluding hydrogens is 361 g/mol. The first-order chi connectivity index (χ1) is 13.5. The molecule has 2 N–H and O–H groups in total. The van der Waals surface area contributed by atoms with Crippen LogP contribution in [0.3, 0.4) is 0 Å². The predicted molar refractivity (Wildman–Crippen MR) is 102 cm³/mol. The van der Waals surface area contributed by atoms with Gasteiger partial charge in [-0.25, -0.2) is 9.18 Å². The van der Waals surface area contributed by atoms with Crippen molar-refractivity contribution in [2.75, 3.05) is 7.11 Å². The molecule has 6 heteroatoms. The minimum atomic E-state index is -1.05. The van der Waals surface area contributed by atoms with Crippen LogP contribution < -0.4 is 10.1 Å². The Balaban J connectivity index is 1.64. The van der Waals surface area contributed by atoms with Crippen LogP contribution in [0.4, 0.5) is 4.39 Å². The number of amides is 1. The number of carbonyl (C=O) groups is 2. The zero-order valence-electron chi connectivity index (χ0n) is 15.3. The normalized spacial score (nSPS) is 22.3. The SMILES string of the molecule is COc1cc(F)c(-c2ccc(C(=O)O)cc2)cc1C(=O)N[C@H]1C[C@@H]2C=C[C@H]1C2. The molecule has 0 heterocycles. The molecule has 1 amide bonds. The van der Waals surface area contributed by atoms with E-state index in [1.54, 1.807) is 0 Å². The molecule has 1 saturated carbocycles. The van der Waals surface area contributed by atoms with Crippen LogP contribution in [0, 0.1) is 17.7 Å². The standard InChI is InChI=1S/C22H20FNO4/c1-28-20-11-18(23)16(13-4-6-14(7-5-13)22(26)27)10-17(20)21(25)24-19-9-12-2-3-15(19)8-12/h2-7,10-12,15,19H,8-9H2,1H3,(H,24,25)(H,26,27)/t12-,15+,19+/m1/s1. The molecule has 2 aliphatic rings. The number of benzene rings is 2. The summed E-state index contributed by atoms with van der Waals surface area (Å²) in [6, 6.07) is 8.59. The van der Waals surface area contributed by atoms with E-state index in [4.69, 9.17) is 9.84 Å². The molecule has 0 radical (unpaired) electrons. The van der Waals surface area contributed by atoms with Gasteiger partial charge in [0.05, 0.1) is 18.2 Å². The van der Waals surface area contributed by atoms with Crippen LogP contribution in [0.5, 0.6) is 5.75 Å². The molecule has 1 fully saturated rings. The maximum absolute atomic E-state index is 14.6. The molecular formula is C22H20FNO4. The Morgan fingerprint density at radius 2 is 1.89 bits per heavy atom. The lowest BCUT2D eigenvalue weighted by molar-refractivity contribution is 0.0696. The number of carboxylic acid groups (broad SMARTS) is 1. The van der Waals surface area contributed by atoms with E-state index in [1.165, 1.54) is 43.5 Å². The van der Waals surface area contributed by atoms with Gasteiger partial charge in [0, 0.05) is 17.7 Å². The van der Waals surface area contributed by atoms with Gasteiger partial charge in [-0.1, -0.05) is 24.3 Å². The highest BCUT2D eigenvalue weighted by Crippen LogP contribution is 2.39. The third-order valence-corrected chi connectivity index (χ3v) is 5.57. The molecule has 0 unspecified atom stereocenters. The van der Waals surface area contributed by atoms with Gasteiger partial charge < -0.3 is 15.2 Å². The summed E-state index contributed by atoms with van der Waals surface area (Å²) in [5.74, 6) is -0.857. The number of hydrogen-bond donors (Lipinski definition) is 2. The number of halogens is 1. The maximum Gasteiger partial charge on any atom is 0.335 e. The number of fused-ring (bicyclic) bond motifs is 2. The highest BCUT2D eigenvalue weighted by atomic mass is 19.1. The van der Waals surface area contributed by atoms with Crippen molar-refractivity contribution in [2.45, 2.75) is 18.9 Å². The molecule has 3 atom stereocenters. The number of hydrogen-bond acceptors (Lipinski definition) is 3. The van der Waals surface area contributed by atoms with E-state index in [-0.39, 0.29) is 34.4 Å². The van der Waals surface area contributed by atoms with Gasteiger partial charge in [0.15, 0.2) is 0 Å². The Morgan fingerprint density at radius 3 is 2.46 bits per heavy atom. The van der Waals surface area contributed by atoms with Crippen molar-refractivity contribution in [2.24, 2.45) is 11.8 Å². The van der Waals surface area contributed by atoms with Crippen LogP contribution in [-0.2, 0) is 0 Å². The summed E-state index contributed by atoms with van der Waals surface area (Å²) in [4.78, 5) is 23.9. The van der Waals surface area contributed by atoms with Crippen molar-refractivity contribution in [3.63, 3.8) is 0 Å². The lowest BCUT2D eigenvalue weighted by atomic mass is 9.98. The number of methoxy groups -OCH3 is 1. The van der Waals surface area contributed by atoms with E-state index < -0.39 is 11.8 Å². The van der Waals surface area contributed by atoms with Gasteiger partial charge in [0.1, 0.15) is 11.6 Å². The fraction of sp³-hybridized carbons (Fsp3) is 0.273. The minimum Gasteiger partial charge on any atom is -0.496 e. The molecule has 28 heavy (non-hydrogen) atoms. The summed E-state index contributed by atoms with van der Waals surface area (Å²) in [5.41, 5.74) is 1.07. The average Bonchev–Trinajstić information content (AvgIpc) is 3.30. The lowest BCUT2D eigenvalue weighted by Gasteiger charge is -2.21. The van der Waals surface area contributed by atoms with E-state index in [9.17, 15) is 14.0 Å². The number of rotatable bonds is 5. The largest absolute Gasteiger partial charge is 0.496 e. The van der Waals surface area contributed by atoms with E-state index >= 15 is 0 Å². The third kappa shape index (κ3) is 3.26. The zero-order chi connectivity index (χ0) is 19.8. The smallest absolute Gasteiger partial charge is 0.335 e. The van der Waals surface area contributed by atoms with Crippen LogP contribution >= 0.6 is 0 Å². The molecule has 0 aliphatic heterocycles. The summed E-state index contributed by atoms with van der Waals surface area (Å²) in [6.07, 6.45) is 6.33. The van der Waals surface area contributed by atoms with Gasteiger partial charge in [-0.2, -0.15) is 0 Å². The van der Waals surface area contributed by atoms with Gasteiger partial charge in [0.2, 0.25) is 0 Å². The highest BCUT2D eigenvalue weighted by Gasteiger charge is 2.36. The second-order valence-electron chi connectivity index (χ2n) is 7.28. The molecule has 2 aromatic rings. The topological polar surface area (TPSA) is 75.6 Å². The molecule has 5 nitrogen and oxygen atoms in total. The molecule has 4 rings (SSSR count). The molecule has 0 aromatic heterocycles. The van der Waals surface area contributed by atoms with Crippen molar-refractivity contribution >= 4 is 11.9 Å². The summed E-state index contributed by atoms with van der Waals surface area (Å²) in [7, 11) is 1.40. The van der Waals surface area contributed by atoms with Crippen LogP contribution in [0.25, 0.3) is 11.1 Å². The van der Waals surface area contributed by atoms with Gasteiger partial charge in [-0.05, 0) is 48.4 Å². The van der Waals surface area contributed by atoms with E-state index in [1.807, 2.05) is 0 Å². The third-order valence-electron chi connectivity index (χ3n) is 5.57. The van der Waals surface area contributed by atoms with Crippen molar-refractivity contribution < 1.29 is 23.8 Å². The quantitative estimate of drug-likeness (QED) is 0.771. The van der Waals surface area contributed by atoms with Gasteiger partial charge in [-0.3, -0.25) is 4.79 Å². The molecule has 144 valence electrons. The molecule has 2 bridgehead atoms. The Hall–Kier alpha value is -3.15. The molecule has 2 aromatic carbocycles. The number of ether oxygens (including phenoxy) is 1. The Kier molecular flexibility index (Phi) is 4.63. The number of carboxylic acids is 1. The Morgan fingerprint density at radius 1 is 1.14 bits per heavy atom. The maximum atomic E-state index is 14.6. The molecule has 2 aliphatic carbocycles. The zero-order valence-corrected chi connectivity index (χ0v) is 15.3. The van der Waals surface area contributed by atoms with Crippen molar-refractivity contribution in [1.29, 1.82) is 0 Å². The molecule has 0 spiro atoms. The lowest BCUT2D eigenvalue weighted by Crippen LogP contribution is -2.37. The first-order valence-electron chi connectivity index (χ1n) is 9.16. The number of allylic oxidation sites excluding steroid dienone is 1. The van der Waals surface area contributed by atoms with Gasteiger partial charge in [-0.15, -0.1) is 0 Å². The first kappa shape index (κ1) is 18.2. The van der Waals surface area contributed by atoms with Crippen LogP contribution in [0.1, 0.15) is 33.6 Å². The highest BCUT2D eigenvalue weighted by molar-refractivity contribution is 5.98. The number of nitrogens with one attached hydrogen (secondary N) is 1. The Bertz CT molecular complexity index is 967. The second-order valence-corrected chi connectivity index (χ2v) is 7.28. The van der Waals surface area contributed by atoms with E-state index in [2.05, 4.69) is 17.5 Å². The summed E-state index contributed by atoms with van der Waals surface area (Å²) >= 11 is 0. The number of carbonyl (C=O) groups excluding carboxylic acids is 1. The predicted octanol–water partition coefficient (Wildman–Crippen LogP) is 3.89. The second kappa shape index (κ2) is 7.11.